The summed E-state index contributed by atoms with van der Waals surface area (Å²) in [5, 5.41) is 3.79. The number of methoxy groups -OCH3 is 1. The van der Waals surface area contributed by atoms with Crippen LogP contribution in [0.1, 0.15) is 65.0 Å². The molecule has 6 aromatic rings. The molecule has 0 aliphatic carbocycles. The van der Waals surface area contributed by atoms with Gasteiger partial charge in [-0.3, -0.25) is 9.69 Å². The predicted octanol–water partition coefficient (Wildman–Crippen LogP) is 7.92. The molecule has 12 nitrogen and oxygen atoms in total. The number of H-pyrrole nitrogens is 1. The second kappa shape index (κ2) is 17.1. The van der Waals surface area contributed by atoms with E-state index in [-0.39, 0.29) is 24.0 Å². The Bertz CT molecular complexity index is 2490. The summed E-state index contributed by atoms with van der Waals surface area (Å²) in [4.78, 5) is 51.5. The number of nitrogens with zero attached hydrogens (tertiary/aromatic N) is 4. The number of fused-ring (bicyclic) bond motifs is 3. The van der Waals surface area contributed by atoms with E-state index in [1.54, 1.807) is 24.0 Å². The van der Waals surface area contributed by atoms with E-state index in [0.29, 0.717) is 92.0 Å². The zero-order valence-corrected chi connectivity index (χ0v) is 34.7. The van der Waals surface area contributed by atoms with Gasteiger partial charge in [0.25, 0.3) is 5.91 Å². The summed E-state index contributed by atoms with van der Waals surface area (Å²) in [6.45, 7) is 13.2. The second-order valence-corrected chi connectivity index (χ2v) is 16.1. The van der Waals surface area contributed by atoms with Crippen molar-refractivity contribution >= 4 is 62.2 Å². The number of esters is 2. The van der Waals surface area contributed by atoms with Crippen LogP contribution < -0.4 is 9.47 Å². The highest BCUT2D eigenvalue weighted by atomic mass is 35.5. The Morgan fingerprint density at radius 2 is 1.64 bits per heavy atom. The van der Waals surface area contributed by atoms with Crippen molar-refractivity contribution in [2.75, 3.05) is 53.0 Å². The monoisotopic (exact) mass is 807 g/mol. The lowest BCUT2D eigenvalue weighted by Gasteiger charge is -2.35. The third-order valence-corrected chi connectivity index (χ3v) is 10.9. The molecule has 7 rings (SSSR count). The van der Waals surface area contributed by atoms with E-state index < -0.39 is 11.6 Å². The molecule has 1 N–H and O–H groups in total. The molecule has 2 aromatic heterocycles. The van der Waals surface area contributed by atoms with Gasteiger partial charge in [0.15, 0.2) is 6.61 Å². The van der Waals surface area contributed by atoms with Gasteiger partial charge in [-0.2, -0.15) is 0 Å². The van der Waals surface area contributed by atoms with Crippen LogP contribution in [0.5, 0.6) is 11.5 Å². The molecule has 0 unspecified atom stereocenters. The van der Waals surface area contributed by atoms with Crippen LogP contribution in [0.3, 0.4) is 0 Å². The third kappa shape index (κ3) is 8.78. The number of nitrogens with one attached hydrogen (secondary N) is 1. The van der Waals surface area contributed by atoms with Gasteiger partial charge in [-0.15, -0.1) is 0 Å². The average Bonchev–Trinajstić information content (AvgIpc) is 3.74. The second-order valence-electron chi connectivity index (χ2n) is 15.7. The zero-order chi connectivity index (χ0) is 41.1. The highest BCUT2D eigenvalue weighted by Crippen LogP contribution is 2.35. The molecule has 1 aliphatic heterocycles. The first-order valence-corrected chi connectivity index (χ1v) is 20.0. The van der Waals surface area contributed by atoms with E-state index >= 15 is 0 Å². The number of benzene rings is 4. The number of hydrogen-bond donors (Lipinski definition) is 1. The van der Waals surface area contributed by atoms with Gasteiger partial charge in [0.2, 0.25) is 0 Å². The van der Waals surface area contributed by atoms with Crippen LogP contribution in [0.15, 0.2) is 66.7 Å². The van der Waals surface area contributed by atoms with Gasteiger partial charge in [-0.05, 0) is 82.2 Å². The molecule has 13 heteroatoms. The van der Waals surface area contributed by atoms with Crippen molar-refractivity contribution in [2.24, 2.45) is 0 Å². The average molecular weight is 808 g/mol. The topological polar surface area (TPSA) is 128 Å². The molecule has 58 heavy (non-hydrogen) atoms. The maximum absolute atomic E-state index is 14.1. The predicted molar refractivity (Wildman–Crippen MR) is 225 cm³/mol. The number of amides is 1. The summed E-state index contributed by atoms with van der Waals surface area (Å²) in [6.07, 6.45) is 1.29. The molecule has 304 valence electrons. The minimum Gasteiger partial charge on any atom is -0.493 e. The summed E-state index contributed by atoms with van der Waals surface area (Å²) in [5.41, 5.74) is 3.95. The number of aromatic nitrogens is 3. The van der Waals surface area contributed by atoms with Crippen LogP contribution >= 0.6 is 11.6 Å². The Morgan fingerprint density at radius 3 is 2.40 bits per heavy atom. The number of halogens is 1. The molecule has 1 fully saturated rings. The third-order valence-electron chi connectivity index (χ3n) is 10.5. The molecule has 0 atom stereocenters. The van der Waals surface area contributed by atoms with Crippen LogP contribution in [0, 0.1) is 13.8 Å². The van der Waals surface area contributed by atoms with Gasteiger partial charge in [0.05, 0.1) is 30.3 Å². The van der Waals surface area contributed by atoms with Crippen LogP contribution in [0.4, 0.5) is 0 Å². The number of hydrogen-bond acceptors (Lipinski definition) is 9. The van der Waals surface area contributed by atoms with Gasteiger partial charge in [0.1, 0.15) is 34.1 Å². The fraction of sp³-hybridized carbons (Fsp3) is 0.378. The van der Waals surface area contributed by atoms with Gasteiger partial charge >= 0.3 is 11.9 Å². The Hall–Kier alpha value is -5.59. The van der Waals surface area contributed by atoms with Crippen molar-refractivity contribution in [3.63, 3.8) is 0 Å². The number of carbonyl (C=O) groups is 3. The number of rotatable bonds is 13. The summed E-state index contributed by atoms with van der Waals surface area (Å²) in [6, 6.07) is 21.4. The molecule has 3 heterocycles. The lowest BCUT2D eigenvalue weighted by Crippen LogP contribution is -2.50. The lowest BCUT2D eigenvalue weighted by atomic mass is 10.0. The summed E-state index contributed by atoms with van der Waals surface area (Å²) in [5.74, 6) is 0.794. The molecule has 4 aromatic carbocycles. The maximum Gasteiger partial charge on any atom is 0.355 e. The number of piperazine rings is 1. The Morgan fingerprint density at radius 1 is 0.879 bits per heavy atom. The Balaban J connectivity index is 1.04. The van der Waals surface area contributed by atoms with Crippen LogP contribution in [-0.2, 0) is 27.2 Å². The minimum atomic E-state index is -0.694. The summed E-state index contributed by atoms with van der Waals surface area (Å²) < 4.78 is 25.2. The normalized spacial score (nSPS) is 13.7. The van der Waals surface area contributed by atoms with E-state index in [4.69, 9.17) is 30.5 Å². The van der Waals surface area contributed by atoms with Crippen molar-refractivity contribution in [3.05, 3.63) is 100.0 Å². The number of imidazole rings is 1. The highest BCUT2D eigenvalue weighted by molar-refractivity contribution is 6.32. The smallest absolute Gasteiger partial charge is 0.355 e. The van der Waals surface area contributed by atoms with Crippen LogP contribution in [0.2, 0.25) is 5.02 Å². The molecule has 1 amide bonds. The first-order chi connectivity index (χ1) is 27.8. The van der Waals surface area contributed by atoms with E-state index in [2.05, 4.69) is 37.6 Å². The van der Waals surface area contributed by atoms with Crippen molar-refractivity contribution < 1.29 is 33.3 Å². The number of aromatic amines is 1. The molecule has 0 bridgehead atoms. The fourth-order valence-corrected chi connectivity index (χ4v) is 7.87. The van der Waals surface area contributed by atoms with Crippen molar-refractivity contribution in [3.8, 4) is 11.5 Å². The van der Waals surface area contributed by atoms with E-state index in [1.165, 1.54) is 7.11 Å². The van der Waals surface area contributed by atoms with E-state index in [9.17, 15) is 14.4 Å². The molecular formula is C45H50ClN5O7. The minimum absolute atomic E-state index is 0.150. The van der Waals surface area contributed by atoms with Crippen molar-refractivity contribution in [2.45, 2.75) is 59.6 Å². The molecule has 1 saturated heterocycles. The standard InChI is InChI=1S/C45H50ClN5O7/c1-28-36(46)17-16-34-33(14-10-24-56-38-15-9-12-30-11-7-8-13-32(30)38)42(44(54)58-45(3,4)5)51(41(28)34)23-20-49-18-21-50(22-19-49)39(52)27-57-31-25-35(43(53)55-6)40-37(26-31)47-29(2)48-40/h7-9,11-13,15-17,25-26H,10,14,18-24,27H2,1-6H3,(H,47,48). The number of aryl methyl sites for hydroxylation is 3. The van der Waals surface area contributed by atoms with Gasteiger partial charge in [0, 0.05) is 61.1 Å². The van der Waals surface area contributed by atoms with Crippen molar-refractivity contribution in [1.29, 1.82) is 0 Å². The molecule has 0 radical (unpaired) electrons. The molecular weight excluding hydrogens is 758 g/mol. The molecule has 0 spiro atoms. The highest BCUT2D eigenvalue weighted by Gasteiger charge is 2.29. The van der Waals surface area contributed by atoms with E-state index in [1.807, 2.05) is 64.1 Å². The summed E-state index contributed by atoms with van der Waals surface area (Å²) in [7, 11) is 1.31. The van der Waals surface area contributed by atoms with E-state index in [0.717, 1.165) is 38.6 Å². The fourth-order valence-electron chi connectivity index (χ4n) is 7.72. The summed E-state index contributed by atoms with van der Waals surface area (Å²) >= 11 is 6.73. The van der Waals surface area contributed by atoms with Crippen LogP contribution in [-0.4, -0.2) is 101 Å². The Labute approximate surface area is 342 Å². The largest absolute Gasteiger partial charge is 0.493 e. The quantitative estimate of drug-likeness (QED) is 0.0915. The van der Waals surface area contributed by atoms with Crippen molar-refractivity contribution in [1.82, 2.24) is 24.3 Å². The van der Waals surface area contributed by atoms with Crippen LogP contribution in [0.25, 0.3) is 32.7 Å². The van der Waals surface area contributed by atoms with Gasteiger partial charge in [-0.25, -0.2) is 14.6 Å². The van der Waals surface area contributed by atoms with Gasteiger partial charge < -0.3 is 33.4 Å². The Kier molecular flexibility index (Phi) is 12.0. The number of carbonyl (C=O) groups excluding carboxylic acids is 3. The first-order valence-electron chi connectivity index (χ1n) is 19.7. The molecule has 0 saturated carbocycles. The molecule has 1 aliphatic rings. The SMILES string of the molecule is COC(=O)c1cc(OCC(=O)N2CCN(CCn3c(C(=O)OC(C)(C)C)c(CCCOc4cccc5ccccc45)c4ccc(Cl)c(C)c43)CC2)cc2[nH]c(C)nc12. The first kappa shape index (κ1) is 40.6. The maximum atomic E-state index is 14.1. The zero-order valence-electron chi connectivity index (χ0n) is 33.9. The van der Waals surface area contributed by atoms with Gasteiger partial charge in [-0.1, -0.05) is 54.1 Å². The number of ether oxygens (including phenoxy) is 4. The lowest BCUT2D eigenvalue weighted by molar-refractivity contribution is -0.135.